The van der Waals surface area contributed by atoms with E-state index in [-0.39, 0.29) is 0 Å². The molecule has 2 aliphatic heterocycles. The van der Waals surface area contributed by atoms with Crippen molar-refractivity contribution in [3.63, 3.8) is 0 Å². The molecule has 1 N–H and O–H groups in total. The summed E-state index contributed by atoms with van der Waals surface area (Å²) in [5.74, 6) is 1.88. The molecule has 0 saturated heterocycles. The van der Waals surface area contributed by atoms with E-state index < -0.39 is 0 Å². The minimum absolute atomic E-state index is 0.757. The van der Waals surface area contributed by atoms with Crippen LogP contribution >= 0.6 is 0 Å². The van der Waals surface area contributed by atoms with E-state index in [0.29, 0.717) is 0 Å². The summed E-state index contributed by atoms with van der Waals surface area (Å²) in [6.07, 6.45) is 4.98. The van der Waals surface area contributed by atoms with Crippen molar-refractivity contribution in [1.82, 2.24) is 5.32 Å². The molecule has 0 amide bonds. The SMILES string of the molecule is CCOCCN1CCOc2cc3c(c(C4CC4)c21)CCNCC3. The highest BCUT2D eigenvalue weighted by atomic mass is 16.5. The minimum atomic E-state index is 0.757. The van der Waals surface area contributed by atoms with Crippen molar-refractivity contribution in [2.45, 2.75) is 38.5 Å². The Bertz CT molecular complexity index is 569. The average Bonchev–Trinajstić information content (AvgIpc) is 3.40. The Balaban J connectivity index is 1.74. The molecule has 1 aromatic rings. The van der Waals surface area contributed by atoms with E-state index >= 15 is 0 Å². The normalized spacial score (nSPS) is 20.5. The van der Waals surface area contributed by atoms with Gasteiger partial charge in [-0.3, -0.25) is 0 Å². The molecule has 0 spiro atoms. The largest absolute Gasteiger partial charge is 0.490 e. The summed E-state index contributed by atoms with van der Waals surface area (Å²) >= 11 is 0. The van der Waals surface area contributed by atoms with Crippen molar-refractivity contribution < 1.29 is 9.47 Å². The van der Waals surface area contributed by atoms with Crippen LogP contribution in [0.4, 0.5) is 5.69 Å². The quantitative estimate of drug-likeness (QED) is 0.846. The van der Waals surface area contributed by atoms with Crippen molar-refractivity contribution in [3.8, 4) is 5.75 Å². The van der Waals surface area contributed by atoms with Gasteiger partial charge in [-0.15, -0.1) is 0 Å². The van der Waals surface area contributed by atoms with Crippen molar-refractivity contribution in [1.29, 1.82) is 0 Å². The number of benzene rings is 1. The molecule has 4 heteroatoms. The van der Waals surface area contributed by atoms with Crippen LogP contribution in [0.2, 0.25) is 0 Å². The molecular weight excluding hydrogens is 288 g/mol. The number of nitrogens with one attached hydrogen (secondary N) is 1. The zero-order valence-electron chi connectivity index (χ0n) is 14.2. The third kappa shape index (κ3) is 3.07. The van der Waals surface area contributed by atoms with E-state index in [0.717, 1.165) is 70.5 Å². The molecule has 126 valence electrons. The van der Waals surface area contributed by atoms with E-state index in [9.17, 15) is 0 Å². The van der Waals surface area contributed by atoms with Gasteiger partial charge in [0.2, 0.25) is 0 Å². The zero-order chi connectivity index (χ0) is 15.6. The highest BCUT2D eigenvalue weighted by Crippen LogP contribution is 2.51. The molecule has 1 fully saturated rings. The van der Waals surface area contributed by atoms with Crippen LogP contribution in [0.3, 0.4) is 0 Å². The predicted molar refractivity (Wildman–Crippen MR) is 92.9 cm³/mol. The summed E-state index contributed by atoms with van der Waals surface area (Å²) in [7, 11) is 0. The Kier molecular flexibility index (Phi) is 4.45. The average molecular weight is 316 g/mol. The molecule has 3 aliphatic rings. The Hall–Kier alpha value is -1.26. The molecule has 1 saturated carbocycles. The first-order chi connectivity index (χ1) is 11.4. The number of anilines is 1. The van der Waals surface area contributed by atoms with Gasteiger partial charge in [0.1, 0.15) is 12.4 Å². The van der Waals surface area contributed by atoms with Crippen LogP contribution < -0.4 is 15.0 Å². The van der Waals surface area contributed by atoms with Gasteiger partial charge >= 0.3 is 0 Å². The Labute approximate surface area is 139 Å². The molecule has 0 unspecified atom stereocenters. The number of rotatable bonds is 5. The zero-order valence-corrected chi connectivity index (χ0v) is 14.2. The van der Waals surface area contributed by atoms with Crippen LogP contribution in [-0.4, -0.2) is 46.0 Å². The first kappa shape index (κ1) is 15.3. The highest BCUT2D eigenvalue weighted by Gasteiger charge is 2.35. The molecule has 0 bridgehead atoms. The predicted octanol–water partition coefficient (Wildman–Crippen LogP) is 2.49. The maximum atomic E-state index is 6.08. The standard InChI is InChI=1S/C19H28N2O2/c1-2-22-11-9-21-10-12-23-17-13-15-5-7-20-8-6-16(15)18(19(17)21)14-3-4-14/h13-14,20H,2-12H2,1H3. The topological polar surface area (TPSA) is 33.7 Å². The fourth-order valence-corrected chi connectivity index (χ4v) is 4.01. The van der Waals surface area contributed by atoms with E-state index in [1.165, 1.54) is 24.1 Å². The maximum absolute atomic E-state index is 6.08. The molecule has 2 heterocycles. The van der Waals surface area contributed by atoms with Gasteiger partial charge < -0.3 is 19.7 Å². The second-order valence-electron chi connectivity index (χ2n) is 6.83. The summed E-state index contributed by atoms with van der Waals surface area (Å²) < 4.78 is 11.7. The number of hydrogen-bond donors (Lipinski definition) is 1. The fraction of sp³-hybridized carbons (Fsp3) is 0.684. The minimum Gasteiger partial charge on any atom is -0.490 e. The maximum Gasteiger partial charge on any atom is 0.143 e. The molecule has 0 atom stereocenters. The van der Waals surface area contributed by atoms with Crippen LogP contribution in [0, 0.1) is 0 Å². The van der Waals surface area contributed by atoms with Crippen molar-refractivity contribution in [2.75, 3.05) is 50.9 Å². The summed E-state index contributed by atoms with van der Waals surface area (Å²) in [6.45, 7) is 8.60. The Morgan fingerprint density at radius 3 is 3.00 bits per heavy atom. The monoisotopic (exact) mass is 316 g/mol. The number of fused-ring (bicyclic) bond motifs is 2. The summed E-state index contributed by atoms with van der Waals surface area (Å²) in [5.41, 5.74) is 6.13. The third-order valence-corrected chi connectivity index (χ3v) is 5.26. The lowest BCUT2D eigenvalue weighted by molar-refractivity contribution is 0.152. The second-order valence-corrected chi connectivity index (χ2v) is 6.83. The van der Waals surface area contributed by atoms with Gasteiger partial charge in [0.15, 0.2) is 0 Å². The Morgan fingerprint density at radius 2 is 2.17 bits per heavy atom. The Morgan fingerprint density at radius 1 is 1.30 bits per heavy atom. The number of hydrogen-bond acceptors (Lipinski definition) is 4. The van der Waals surface area contributed by atoms with Gasteiger partial charge in [0.25, 0.3) is 0 Å². The second kappa shape index (κ2) is 6.70. The molecular formula is C19H28N2O2. The molecule has 0 aromatic heterocycles. The molecule has 4 rings (SSSR count). The summed E-state index contributed by atoms with van der Waals surface area (Å²) in [6, 6.07) is 2.33. The summed E-state index contributed by atoms with van der Waals surface area (Å²) in [4.78, 5) is 2.51. The molecule has 23 heavy (non-hydrogen) atoms. The molecule has 1 aliphatic carbocycles. The van der Waals surface area contributed by atoms with Gasteiger partial charge in [-0.2, -0.15) is 0 Å². The van der Waals surface area contributed by atoms with Gasteiger partial charge in [0.05, 0.1) is 18.8 Å². The number of nitrogens with zero attached hydrogens (tertiary/aromatic N) is 1. The van der Waals surface area contributed by atoms with Gasteiger partial charge in [-0.05, 0) is 74.4 Å². The van der Waals surface area contributed by atoms with Crippen LogP contribution in [-0.2, 0) is 17.6 Å². The lowest BCUT2D eigenvalue weighted by Crippen LogP contribution is -2.36. The molecule has 1 aromatic carbocycles. The van der Waals surface area contributed by atoms with E-state index in [2.05, 4.69) is 23.2 Å². The van der Waals surface area contributed by atoms with Crippen molar-refractivity contribution >= 4 is 5.69 Å². The lowest BCUT2D eigenvalue weighted by atomic mass is 9.91. The van der Waals surface area contributed by atoms with Crippen LogP contribution in [0.25, 0.3) is 0 Å². The van der Waals surface area contributed by atoms with Crippen LogP contribution in [0.5, 0.6) is 5.75 Å². The van der Waals surface area contributed by atoms with Gasteiger partial charge in [-0.1, -0.05) is 0 Å². The fourth-order valence-electron chi connectivity index (χ4n) is 4.01. The van der Waals surface area contributed by atoms with Crippen LogP contribution in [0.15, 0.2) is 6.07 Å². The van der Waals surface area contributed by atoms with E-state index in [1.54, 1.807) is 11.1 Å². The van der Waals surface area contributed by atoms with Gasteiger partial charge in [0, 0.05) is 13.2 Å². The van der Waals surface area contributed by atoms with Crippen molar-refractivity contribution in [3.05, 3.63) is 22.8 Å². The lowest BCUT2D eigenvalue weighted by Gasteiger charge is -2.35. The molecule has 4 nitrogen and oxygen atoms in total. The number of ether oxygens (including phenoxy) is 2. The first-order valence-corrected chi connectivity index (χ1v) is 9.23. The van der Waals surface area contributed by atoms with Crippen molar-refractivity contribution in [2.24, 2.45) is 0 Å². The highest BCUT2D eigenvalue weighted by molar-refractivity contribution is 5.71. The van der Waals surface area contributed by atoms with E-state index in [4.69, 9.17) is 9.47 Å². The van der Waals surface area contributed by atoms with Crippen LogP contribution in [0.1, 0.15) is 42.4 Å². The first-order valence-electron chi connectivity index (χ1n) is 9.23. The molecule has 0 radical (unpaired) electrons. The van der Waals surface area contributed by atoms with E-state index in [1.807, 2.05) is 0 Å². The van der Waals surface area contributed by atoms with Gasteiger partial charge in [-0.25, -0.2) is 0 Å². The third-order valence-electron chi connectivity index (χ3n) is 5.26. The smallest absolute Gasteiger partial charge is 0.143 e. The summed E-state index contributed by atoms with van der Waals surface area (Å²) in [5, 5.41) is 3.55.